The molecule has 0 fully saturated rings. The van der Waals surface area contributed by atoms with Crippen molar-refractivity contribution in [2.45, 2.75) is 12.5 Å². The van der Waals surface area contributed by atoms with Gasteiger partial charge >= 0.3 is 6.09 Å². The van der Waals surface area contributed by atoms with Crippen LogP contribution < -0.4 is 10.2 Å². The molecule has 45 heavy (non-hydrogen) atoms. The van der Waals surface area contributed by atoms with Crippen LogP contribution in [0, 0.1) is 0 Å². The second-order valence-corrected chi connectivity index (χ2v) is 10.5. The summed E-state index contributed by atoms with van der Waals surface area (Å²) < 4.78 is 6.47. The molecule has 0 saturated carbocycles. The number of carboxylic acid groups (broad SMARTS) is 1. The molecular formula is C30H27Cl2N9O4. The monoisotopic (exact) mass is 647 g/mol. The van der Waals surface area contributed by atoms with Gasteiger partial charge in [-0.3, -0.25) is 9.69 Å². The van der Waals surface area contributed by atoms with Gasteiger partial charge in [0.05, 0.1) is 24.9 Å². The first-order valence-electron chi connectivity index (χ1n) is 13.6. The molecule has 0 radical (unpaired) electrons. The minimum atomic E-state index is -1.15. The van der Waals surface area contributed by atoms with Crippen molar-refractivity contribution in [3.8, 4) is 16.9 Å². The van der Waals surface area contributed by atoms with Gasteiger partial charge in [0.15, 0.2) is 0 Å². The van der Waals surface area contributed by atoms with E-state index in [2.05, 4.69) is 30.8 Å². The fraction of sp³-hybridized carbons (Fsp3) is 0.167. The van der Waals surface area contributed by atoms with Crippen molar-refractivity contribution in [2.24, 2.45) is 0 Å². The number of amides is 2. The molecule has 0 unspecified atom stereocenters. The highest BCUT2D eigenvalue weighted by Gasteiger charge is 2.22. The van der Waals surface area contributed by atoms with Crippen LogP contribution in [0.1, 0.15) is 23.0 Å². The number of carbonyl (C=O) groups excluding carboxylic acids is 1. The molecule has 0 saturated heterocycles. The lowest BCUT2D eigenvalue weighted by atomic mass is 10.1. The Labute approximate surface area is 267 Å². The van der Waals surface area contributed by atoms with Crippen molar-refractivity contribution in [1.29, 1.82) is 0 Å². The van der Waals surface area contributed by atoms with Gasteiger partial charge in [-0.1, -0.05) is 53.5 Å². The minimum absolute atomic E-state index is 0.122. The predicted molar refractivity (Wildman–Crippen MR) is 168 cm³/mol. The van der Waals surface area contributed by atoms with Crippen LogP contribution in [0.25, 0.3) is 23.0 Å². The smallest absolute Gasteiger partial charge is 0.413 e. The SMILES string of the molecule is COCCN(C(=O)O)c1ccc(-c2nc([C@H](Cc3ccccc3)NC(=O)C=Cc3cc(Cl)ccc3-n3cnnn3)[nH]c2Cl)cn1. The van der Waals surface area contributed by atoms with Crippen LogP contribution in [-0.4, -0.2) is 72.5 Å². The second kappa shape index (κ2) is 14.6. The van der Waals surface area contributed by atoms with Gasteiger partial charge in [-0.2, -0.15) is 4.68 Å². The van der Waals surface area contributed by atoms with E-state index in [1.807, 2.05) is 30.3 Å². The van der Waals surface area contributed by atoms with E-state index in [4.69, 9.17) is 32.9 Å². The average molecular weight is 649 g/mol. The number of halogens is 2. The quantitative estimate of drug-likeness (QED) is 0.158. The van der Waals surface area contributed by atoms with Crippen molar-refractivity contribution in [3.05, 3.63) is 106 Å². The molecular weight excluding hydrogens is 621 g/mol. The van der Waals surface area contributed by atoms with Crippen LogP contribution in [0.4, 0.5) is 10.6 Å². The number of tetrazole rings is 1. The normalized spacial score (nSPS) is 11.9. The van der Waals surface area contributed by atoms with Crippen molar-refractivity contribution in [3.63, 3.8) is 0 Å². The molecule has 5 rings (SSSR count). The Bertz CT molecular complexity index is 1780. The zero-order chi connectivity index (χ0) is 31.8. The summed E-state index contributed by atoms with van der Waals surface area (Å²) >= 11 is 12.8. The lowest BCUT2D eigenvalue weighted by Crippen LogP contribution is -2.33. The predicted octanol–water partition coefficient (Wildman–Crippen LogP) is 5.00. The molecule has 0 aliphatic carbocycles. The molecule has 230 valence electrons. The number of pyridine rings is 1. The Balaban J connectivity index is 1.39. The number of nitrogens with zero attached hydrogens (tertiary/aromatic N) is 7. The number of ether oxygens (including phenoxy) is 1. The summed E-state index contributed by atoms with van der Waals surface area (Å²) in [6, 6.07) is 17.5. The number of H-pyrrole nitrogens is 1. The van der Waals surface area contributed by atoms with Gasteiger partial charge in [-0.25, -0.2) is 14.8 Å². The first-order valence-corrected chi connectivity index (χ1v) is 14.3. The fourth-order valence-electron chi connectivity index (χ4n) is 4.49. The number of hydrogen-bond donors (Lipinski definition) is 3. The number of anilines is 1. The molecule has 2 aromatic carbocycles. The third-order valence-electron chi connectivity index (χ3n) is 6.65. The van der Waals surface area contributed by atoms with E-state index in [0.29, 0.717) is 39.8 Å². The van der Waals surface area contributed by atoms with Crippen molar-refractivity contribution in [2.75, 3.05) is 25.2 Å². The van der Waals surface area contributed by atoms with Gasteiger partial charge in [0.25, 0.3) is 0 Å². The van der Waals surface area contributed by atoms with Gasteiger partial charge in [0.1, 0.15) is 28.8 Å². The van der Waals surface area contributed by atoms with Crippen molar-refractivity contribution in [1.82, 2.24) is 40.5 Å². The fourth-order valence-corrected chi connectivity index (χ4v) is 4.92. The van der Waals surface area contributed by atoms with Crippen molar-refractivity contribution < 1.29 is 19.4 Å². The lowest BCUT2D eigenvalue weighted by Gasteiger charge is -2.17. The maximum absolute atomic E-state index is 13.2. The third kappa shape index (κ3) is 7.89. The molecule has 0 aliphatic heterocycles. The Morgan fingerprint density at radius 2 is 1.98 bits per heavy atom. The molecule has 5 aromatic rings. The zero-order valence-corrected chi connectivity index (χ0v) is 25.4. The first-order chi connectivity index (χ1) is 21.8. The molecule has 0 bridgehead atoms. The summed E-state index contributed by atoms with van der Waals surface area (Å²) in [5.41, 5.74) is 3.20. The van der Waals surface area contributed by atoms with Crippen LogP contribution in [0.2, 0.25) is 10.2 Å². The summed E-state index contributed by atoms with van der Waals surface area (Å²) in [5.74, 6) is 0.275. The highest BCUT2D eigenvalue weighted by atomic mass is 35.5. The van der Waals surface area contributed by atoms with Gasteiger partial charge in [-0.05, 0) is 58.8 Å². The maximum atomic E-state index is 13.2. The Kier molecular flexibility index (Phi) is 10.1. The topological polar surface area (TPSA) is 164 Å². The zero-order valence-electron chi connectivity index (χ0n) is 23.8. The van der Waals surface area contributed by atoms with Crippen molar-refractivity contribution >= 4 is 47.1 Å². The van der Waals surface area contributed by atoms with Gasteiger partial charge in [-0.15, -0.1) is 5.10 Å². The molecule has 0 aliphatic rings. The number of nitrogens with one attached hydrogen (secondary N) is 2. The van der Waals surface area contributed by atoms with Crippen LogP contribution in [-0.2, 0) is 16.0 Å². The van der Waals surface area contributed by atoms with E-state index in [0.717, 1.165) is 10.5 Å². The maximum Gasteiger partial charge on any atom is 0.413 e. The Hall–Kier alpha value is -5.11. The standard InChI is InChI=1S/C30H27Cl2N9O4/c1-45-14-13-40(30(43)44)25-11-7-21(17-33-25)27-28(32)37-29(36-27)23(15-19-5-3-2-4-6-19)35-26(42)12-8-20-16-22(31)9-10-24(20)41-18-34-38-39-41/h2-12,16-18,23H,13-15H2,1H3,(H,35,42)(H,36,37)(H,43,44)/t23-/m0/s1. The molecule has 13 nitrogen and oxygen atoms in total. The number of aromatic nitrogens is 7. The van der Waals surface area contributed by atoms with Crippen LogP contribution >= 0.6 is 23.2 Å². The average Bonchev–Trinajstić information content (AvgIpc) is 3.71. The van der Waals surface area contributed by atoms with Gasteiger partial charge in [0.2, 0.25) is 5.91 Å². The lowest BCUT2D eigenvalue weighted by molar-refractivity contribution is -0.117. The third-order valence-corrected chi connectivity index (χ3v) is 7.16. The van der Waals surface area contributed by atoms with E-state index in [1.54, 1.807) is 36.4 Å². The summed E-state index contributed by atoms with van der Waals surface area (Å²) in [4.78, 5) is 38.1. The number of rotatable bonds is 12. The number of imidazole rings is 1. The highest BCUT2D eigenvalue weighted by molar-refractivity contribution is 6.32. The number of hydrogen-bond acceptors (Lipinski definition) is 8. The van der Waals surface area contributed by atoms with Gasteiger partial charge < -0.3 is 20.1 Å². The van der Waals surface area contributed by atoms with E-state index in [9.17, 15) is 14.7 Å². The number of methoxy groups -OCH3 is 1. The molecule has 2 amide bonds. The second-order valence-electron chi connectivity index (χ2n) is 9.66. The molecule has 3 heterocycles. The van der Waals surface area contributed by atoms with Gasteiger partial charge in [0, 0.05) is 35.5 Å². The van der Waals surface area contributed by atoms with E-state index in [-0.39, 0.29) is 30.0 Å². The highest BCUT2D eigenvalue weighted by Crippen LogP contribution is 2.29. The summed E-state index contributed by atoms with van der Waals surface area (Å²) in [6.45, 7) is 0.338. The molecule has 3 aromatic heterocycles. The number of aromatic amines is 1. The first kappa shape index (κ1) is 31.3. The number of benzene rings is 2. The molecule has 1 atom stereocenters. The summed E-state index contributed by atoms with van der Waals surface area (Å²) in [5, 5.41) is 24.6. The van der Waals surface area contributed by atoms with E-state index in [1.165, 1.54) is 30.4 Å². The minimum Gasteiger partial charge on any atom is -0.465 e. The van der Waals surface area contributed by atoms with E-state index < -0.39 is 12.1 Å². The number of carbonyl (C=O) groups is 2. The Morgan fingerprint density at radius 1 is 1.16 bits per heavy atom. The largest absolute Gasteiger partial charge is 0.465 e. The van der Waals surface area contributed by atoms with Crippen LogP contribution in [0.15, 0.2) is 79.3 Å². The molecule has 3 N–H and O–H groups in total. The molecule has 0 spiro atoms. The van der Waals surface area contributed by atoms with Crippen LogP contribution in [0.3, 0.4) is 0 Å². The van der Waals surface area contributed by atoms with E-state index >= 15 is 0 Å². The summed E-state index contributed by atoms with van der Waals surface area (Å²) in [7, 11) is 1.49. The summed E-state index contributed by atoms with van der Waals surface area (Å²) in [6.07, 6.45) is 5.22. The van der Waals surface area contributed by atoms with Crippen LogP contribution in [0.5, 0.6) is 0 Å². The Morgan fingerprint density at radius 3 is 2.67 bits per heavy atom. The molecule has 15 heteroatoms.